The van der Waals surface area contributed by atoms with Gasteiger partial charge >= 0.3 is 0 Å². The number of aliphatic imine (C=N–C) groups is 1. The van der Waals surface area contributed by atoms with Gasteiger partial charge in [-0.25, -0.2) is 0 Å². The van der Waals surface area contributed by atoms with E-state index in [1.165, 1.54) is 0 Å². The van der Waals surface area contributed by atoms with E-state index < -0.39 is 5.60 Å². The molecule has 0 saturated carbocycles. The molecule has 0 spiro atoms. The maximum Gasteiger partial charge on any atom is 0.191 e. The number of thioether (sulfide) groups is 1. The maximum atomic E-state index is 10.4. The number of aliphatic hydroxyl groups is 1. The summed E-state index contributed by atoms with van der Waals surface area (Å²) in [4.78, 5) is 4.55. The van der Waals surface area contributed by atoms with Crippen molar-refractivity contribution in [3.63, 3.8) is 0 Å². The normalized spacial score (nSPS) is 23.4. The van der Waals surface area contributed by atoms with Gasteiger partial charge in [0.15, 0.2) is 5.96 Å². The van der Waals surface area contributed by atoms with E-state index in [1.807, 2.05) is 38.1 Å². The molecule has 2 atom stereocenters. The molecule has 1 heterocycles. The minimum Gasteiger partial charge on any atom is -0.387 e. The Bertz CT molecular complexity index is 518. The van der Waals surface area contributed by atoms with Crippen molar-refractivity contribution in [1.29, 1.82) is 0 Å². The molecule has 1 aromatic rings. The third-order valence-electron chi connectivity index (χ3n) is 3.68. The fourth-order valence-corrected chi connectivity index (χ4v) is 3.96. The summed E-state index contributed by atoms with van der Waals surface area (Å²) in [5.74, 6) is 2.47. The van der Waals surface area contributed by atoms with Gasteiger partial charge in [0.05, 0.1) is 18.2 Å². The first-order chi connectivity index (χ1) is 10.5. The van der Waals surface area contributed by atoms with Crippen LogP contribution in [0.4, 0.5) is 0 Å². The van der Waals surface area contributed by atoms with E-state index >= 15 is 0 Å². The zero-order valence-corrected chi connectivity index (χ0v) is 14.7. The summed E-state index contributed by atoms with van der Waals surface area (Å²) in [5.41, 5.74) is 0.366. The van der Waals surface area contributed by atoms with E-state index in [0.717, 1.165) is 35.1 Å². The molecule has 1 aromatic carbocycles. The van der Waals surface area contributed by atoms with Gasteiger partial charge in [0.25, 0.3) is 0 Å². The van der Waals surface area contributed by atoms with E-state index in [-0.39, 0.29) is 6.04 Å². The van der Waals surface area contributed by atoms with Gasteiger partial charge in [-0.1, -0.05) is 29.8 Å². The van der Waals surface area contributed by atoms with E-state index in [1.54, 1.807) is 11.8 Å². The standard InChI is InChI=1S/C16H24ClN3OS/c1-3-18-15(19-10-16(21)8-9-22-11-16)20-12(2)13-6-4-5-7-14(13)17/h4-7,12,21H,3,8-11H2,1-2H3,(H2,18,19,20). The molecule has 1 saturated heterocycles. The third kappa shape index (κ3) is 4.80. The van der Waals surface area contributed by atoms with Crippen molar-refractivity contribution in [3.8, 4) is 0 Å². The van der Waals surface area contributed by atoms with Crippen LogP contribution in [0.15, 0.2) is 29.3 Å². The third-order valence-corrected chi connectivity index (χ3v) is 5.26. The van der Waals surface area contributed by atoms with Gasteiger partial charge in [-0.2, -0.15) is 11.8 Å². The number of hydrogen-bond acceptors (Lipinski definition) is 3. The SMILES string of the molecule is CCNC(=NCC1(O)CCSC1)NC(C)c1ccccc1Cl. The molecule has 4 nitrogen and oxygen atoms in total. The van der Waals surface area contributed by atoms with Gasteiger partial charge in [0.2, 0.25) is 0 Å². The van der Waals surface area contributed by atoms with Crippen LogP contribution in [0.2, 0.25) is 5.02 Å². The van der Waals surface area contributed by atoms with Gasteiger partial charge in [-0.05, 0) is 37.7 Å². The van der Waals surface area contributed by atoms with E-state index in [2.05, 4.69) is 15.6 Å². The Morgan fingerprint density at radius 1 is 1.50 bits per heavy atom. The molecule has 22 heavy (non-hydrogen) atoms. The topological polar surface area (TPSA) is 56.7 Å². The summed E-state index contributed by atoms with van der Waals surface area (Å²) < 4.78 is 0. The Morgan fingerprint density at radius 2 is 2.27 bits per heavy atom. The van der Waals surface area contributed by atoms with Crippen molar-refractivity contribution in [2.75, 3.05) is 24.6 Å². The molecule has 1 aliphatic heterocycles. The zero-order valence-electron chi connectivity index (χ0n) is 13.1. The molecule has 1 fully saturated rings. The summed E-state index contributed by atoms with van der Waals surface area (Å²) in [6, 6.07) is 7.83. The summed E-state index contributed by atoms with van der Waals surface area (Å²) >= 11 is 8.02. The van der Waals surface area contributed by atoms with Crippen molar-refractivity contribution in [2.45, 2.75) is 31.9 Å². The molecule has 0 radical (unpaired) electrons. The van der Waals surface area contributed by atoms with E-state index in [9.17, 15) is 5.11 Å². The molecule has 3 N–H and O–H groups in total. The van der Waals surface area contributed by atoms with Gasteiger partial charge < -0.3 is 15.7 Å². The number of hydrogen-bond donors (Lipinski definition) is 3. The van der Waals surface area contributed by atoms with Crippen molar-refractivity contribution in [2.24, 2.45) is 4.99 Å². The highest BCUT2D eigenvalue weighted by atomic mass is 35.5. The highest BCUT2D eigenvalue weighted by Crippen LogP contribution is 2.28. The molecule has 0 aromatic heterocycles. The van der Waals surface area contributed by atoms with Crippen LogP contribution in [-0.2, 0) is 0 Å². The largest absolute Gasteiger partial charge is 0.387 e. The molecule has 2 unspecified atom stereocenters. The Balaban J connectivity index is 2.03. The lowest BCUT2D eigenvalue weighted by Gasteiger charge is -2.22. The van der Waals surface area contributed by atoms with Crippen molar-refractivity contribution >= 4 is 29.3 Å². The number of nitrogens with zero attached hydrogens (tertiary/aromatic N) is 1. The van der Waals surface area contributed by atoms with Gasteiger partial charge in [-0.3, -0.25) is 4.99 Å². The quantitative estimate of drug-likeness (QED) is 0.569. The molecule has 1 aliphatic rings. The lowest BCUT2D eigenvalue weighted by molar-refractivity contribution is 0.0778. The van der Waals surface area contributed by atoms with Crippen LogP contribution >= 0.6 is 23.4 Å². The van der Waals surface area contributed by atoms with E-state index in [4.69, 9.17) is 11.6 Å². The summed E-state index contributed by atoms with van der Waals surface area (Å²) in [6.07, 6.45) is 0.806. The van der Waals surface area contributed by atoms with Crippen LogP contribution < -0.4 is 10.6 Å². The summed E-state index contributed by atoms with van der Waals surface area (Å²) in [6.45, 7) is 5.27. The second-order valence-corrected chi connectivity index (χ2v) is 7.12. The second-order valence-electron chi connectivity index (χ2n) is 5.61. The van der Waals surface area contributed by atoms with Crippen molar-refractivity contribution < 1.29 is 5.11 Å². The average molecular weight is 342 g/mol. The molecular formula is C16H24ClN3OS. The van der Waals surface area contributed by atoms with Crippen LogP contribution in [0.25, 0.3) is 0 Å². The molecule has 0 amide bonds. The highest BCUT2D eigenvalue weighted by molar-refractivity contribution is 7.99. The number of nitrogens with one attached hydrogen (secondary N) is 2. The zero-order chi connectivity index (χ0) is 16.0. The predicted molar refractivity (Wildman–Crippen MR) is 95.9 cm³/mol. The summed E-state index contributed by atoms with van der Waals surface area (Å²) in [5, 5.41) is 17.7. The first-order valence-corrected chi connectivity index (χ1v) is 9.17. The lowest BCUT2D eigenvalue weighted by atomic mass is 10.0. The minimum absolute atomic E-state index is 0.0408. The molecule has 6 heteroatoms. The Labute approximate surface area is 141 Å². The van der Waals surface area contributed by atoms with Crippen LogP contribution in [0.5, 0.6) is 0 Å². The molecule has 0 bridgehead atoms. The Morgan fingerprint density at radius 3 is 2.91 bits per heavy atom. The van der Waals surface area contributed by atoms with Gasteiger partial charge in [-0.15, -0.1) is 0 Å². The highest BCUT2D eigenvalue weighted by Gasteiger charge is 2.31. The van der Waals surface area contributed by atoms with Gasteiger partial charge in [0, 0.05) is 17.3 Å². The summed E-state index contributed by atoms with van der Waals surface area (Å²) in [7, 11) is 0. The fourth-order valence-electron chi connectivity index (χ4n) is 2.38. The average Bonchev–Trinajstić information content (AvgIpc) is 2.93. The number of benzene rings is 1. The monoisotopic (exact) mass is 341 g/mol. The number of guanidine groups is 1. The second kappa shape index (κ2) is 8.09. The molecular weight excluding hydrogens is 318 g/mol. The van der Waals surface area contributed by atoms with Crippen molar-refractivity contribution in [3.05, 3.63) is 34.9 Å². The number of halogens is 1. The first kappa shape index (κ1) is 17.4. The molecule has 0 aliphatic carbocycles. The lowest BCUT2D eigenvalue weighted by Crippen LogP contribution is -2.41. The molecule has 2 rings (SSSR count). The van der Waals surface area contributed by atoms with Gasteiger partial charge in [0.1, 0.15) is 0 Å². The number of rotatable bonds is 5. The van der Waals surface area contributed by atoms with E-state index in [0.29, 0.717) is 12.5 Å². The van der Waals surface area contributed by atoms with Crippen LogP contribution in [0, 0.1) is 0 Å². The van der Waals surface area contributed by atoms with Crippen LogP contribution in [-0.4, -0.2) is 41.3 Å². The minimum atomic E-state index is -0.666. The van der Waals surface area contributed by atoms with Crippen LogP contribution in [0.1, 0.15) is 31.9 Å². The van der Waals surface area contributed by atoms with Crippen LogP contribution in [0.3, 0.4) is 0 Å². The predicted octanol–water partition coefficient (Wildman–Crippen LogP) is 2.82. The molecule has 122 valence electrons. The maximum absolute atomic E-state index is 10.4. The fraction of sp³-hybridized carbons (Fsp3) is 0.562. The van der Waals surface area contributed by atoms with Crippen molar-refractivity contribution in [1.82, 2.24) is 10.6 Å². The first-order valence-electron chi connectivity index (χ1n) is 7.63. The smallest absolute Gasteiger partial charge is 0.191 e. The Hall–Kier alpha value is -0.910. The Kier molecular flexibility index (Phi) is 6.41.